The molecule has 0 saturated carbocycles. The van der Waals surface area contributed by atoms with Gasteiger partial charge in [-0.15, -0.1) is 0 Å². The average molecular weight is 208 g/mol. The van der Waals surface area contributed by atoms with E-state index in [-0.39, 0.29) is 0 Å². The van der Waals surface area contributed by atoms with Crippen molar-refractivity contribution in [2.75, 3.05) is 21.2 Å². The topological polar surface area (TPSA) is 38.5 Å². The van der Waals surface area contributed by atoms with E-state index in [2.05, 4.69) is 32.0 Å². The lowest BCUT2D eigenvalue weighted by atomic mass is 10.0. The number of rotatable bonds is 4. The Balaban J connectivity index is 3.11. The van der Waals surface area contributed by atoms with Crippen molar-refractivity contribution in [1.82, 2.24) is 4.90 Å². The summed E-state index contributed by atoms with van der Waals surface area (Å²) in [5.41, 5.74) is 7.96. The molecule has 0 amide bonds. The molecule has 15 heavy (non-hydrogen) atoms. The number of benzene rings is 1. The standard InChI is InChI=1S/C12H20N2O/c1-9(14(2)3)11-7-10(8-13)5-6-12(11)15-4/h5-7,9H,8,13H2,1-4H3. The van der Waals surface area contributed by atoms with Crippen LogP contribution in [0, 0.1) is 0 Å². The van der Waals surface area contributed by atoms with E-state index in [4.69, 9.17) is 10.5 Å². The molecule has 0 fully saturated rings. The summed E-state index contributed by atoms with van der Waals surface area (Å²) >= 11 is 0. The molecule has 1 atom stereocenters. The highest BCUT2D eigenvalue weighted by atomic mass is 16.5. The number of ether oxygens (including phenoxy) is 1. The molecule has 0 spiro atoms. The van der Waals surface area contributed by atoms with Crippen molar-refractivity contribution in [2.24, 2.45) is 5.73 Å². The van der Waals surface area contributed by atoms with Gasteiger partial charge in [0, 0.05) is 18.2 Å². The van der Waals surface area contributed by atoms with Crippen molar-refractivity contribution in [1.29, 1.82) is 0 Å². The van der Waals surface area contributed by atoms with Crippen molar-refractivity contribution < 1.29 is 4.74 Å². The lowest BCUT2D eigenvalue weighted by Crippen LogP contribution is -2.17. The van der Waals surface area contributed by atoms with Crippen LogP contribution in [0.1, 0.15) is 24.1 Å². The van der Waals surface area contributed by atoms with Crippen LogP contribution in [0.15, 0.2) is 18.2 Å². The summed E-state index contributed by atoms with van der Waals surface area (Å²) < 4.78 is 5.35. The number of nitrogens with two attached hydrogens (primary N) is 1. The van der Waals surface area contributed by atoms with Crippen molar-refractivity contribution in [2.45, 2.75) is 19.5 Å². The van der Waals surface area contributed by atoms with Crippen LogP contribution in [-0.2, 0) is 6.54 Å². The van der Waals surface area contributed by atoms with Gasteiger partial charge in [0.15, 0.2) is 0 Å². The molecular formula is C12H20N2O. The van der Waals surface area contributed by atoms with E-state index >= 15 is 0 Å². The summed E-state index contributed by atoms with van der Waals surface area (Å²) in [6.07, 6.45) is 0. The van der Waals surface area contributed by atoms with E-state index in [9.17, 15) is 0 Å². The Bertz CT molecular complexity index is 323. The Morgan fingerprint density at radius 3 is 2.53 bits per heavy atom. The van der Waals surface area contributed by atoms with E-state index in [0.717, 1.165) is 11.3 Å². The largest absolute Gasteiger partial charge is 0.496 e. The maximum Gasteiger partial charge on any atom is 0.123 e. The highest BCUT2D eigenvalue weighted by Crippen LogP contribution is 2.28. The van der Waals surface area contributed by atoms with Crippen LogP contribution < -0.4 is 10.5 Å². The first kappa shape index (κ1) is 12.0. The van der Waals surface area contributed by atoms with Gasteiger partial charge in [0.25, 0.3) is 0 Å². The minimum absolute atomic E-state index is 0.325. The minimum atomic E-state index is 0.325. The lowest BCUT2D eigenvalue weighted by molar-refractivity contribution is 0.308. The molecule has 1 aromatic rings. The van der Waals surface area contributed by atoms with Gasteiger partial charge in [-0.1, -0.05) is 6.07 Å². The number of hydrogen-bond donors (Lipinski definition) is 1. The van der Waals surface area contributed by atoms with E-state index in [1.807, 2.05) is 12.1 Å². The van der Waals surface area contributed by atoms with Gasteiger partial charge in [0.2, 0.25) is 0 Å². The second-order valence-corrected chi connectivity index (χ2v) is 3.92. The first-order valence-electron chi connectivity index (χ1n) is 5.13. The molecule has 0 radical (unpaired) electrons. The Kier molecular flexibility index (Phi) is 4.12. The molecule has 3 heteroatoms. The third-order valence-corrected chi connectivity index (χ3v) is 2.75. The minimum Gasteiger partial charge on any atom is -0.496 e. The first-order chi connectivity index (χ1) is 7.10. The van der Waals surface area contributed by atoms with E-state index < -0.39 is 0 Å². The van der Waals surface area contributed by atoms with Crippen molar-refractivity contribution in [3.63, 3.8) is 0 Å². The predicted octanol–water partition coefficient (Wildman–Crippen LogP) is 1.78. The van der Waals surface area contributed by atoms with E-state index in [1.54, 1.807) is 7.11 Å². The molecule has 84 valence electrons. The van der Waals surface area contributed by atoms with Crippen LogP contribution in [0.5, 0.6) is 5.75 Å². The van der Waals surface area contributed by atoms with Crippen molar-refractivity contribution in [3.8, 4) is 5.75 Å². The van der Waals surface area contributed by atoms with Crippen LogP contribution >= 0.6 is 0 Å². The molecular weight excluding hydrogens is 188 g/mol. The van der Waals surface area contributed by atoms with Gasteiger partial charge in [-0.3, -0.25) is 0 Å². The molecule has 0 aliphatic rings. The van der Waals surface area contributed by atoms with Crippen LogP contribution in [-0.4, -0.2) is 26.1 Å². The fourth-order valence-corrected chi connectivity index (χ4v) is 1.52. The molecule has 1 aromatic carbocycles. The lowest BCUT2D eigenvalue weighted by Gasteiger charge is -2.22. The van der Waals surface area contributed by atoms with Gasteiger partial charge in [-0.25, -0.2) is 0 Å². The monoisotopic (exact) mass is 208 g/mol. The summed E-state index contributed by atoms with van der Waals surface area (Å²) in [5.74, 6) is 0.924. The van der Waals surface area contributed by atoms with Crippen LogP contribution in [0.25, 0.3) is 0 Å². The fraction of sp³-hybridized carbons (Fsp3) is 0.500. The highest BCUT2D eigenvalue weighted by Gasteiger charge is 2.13. The Labute approximate surface area is 91.8 Å². The predicted molar refractivity (Wildman–Crippen MR) is 63.0 cm³/mol. The molecule has 3 nitrogen and oxygen atoms in total. The normalized spacial score (nSPS) is 12.9. The smallest absolute Gasteiger partial charge is 0.123 e. The van der Waals surface area contributed by atoms with Crippen LogP contribution in [0.3, 0.4) is 0 Å². The van der Waals surface area contributed by atoms with E-state index in [1.165, 1.54) is 5.56 Å². The Morgan fingerprint density at radius 2 is 2.07 bits per heavy atom. The van der Waals surface area contributed by atoms with E-state index in [0.29, 0.717) is 12.6 Å². The molecule has 0 aliphatic heterocycles. The zero-order chi connectivity index (χ0) is 11.4. The molecule has 1 unspecified atom stereocenters. The van der Waals surface area contributed by atoms with Gasteiger partial charge in [0.05, 0.1) is 7.11 Å². The summed E-state index contributed by atoms with van der Waals surface area (Å²) in [7, 11) is 5.81. The fourth-order valence-electron chi connectivity index (χ4n) is 1.52. The number of methoxy groups -OCH3 is 1. The SMILES string of the molecule is COc1ccc(CN)cc1C(C)N(C)C. The third-order valence-electron chi connectivity index (χ3n) is 2.75. The Hall–Kier alpha value is -1.06. The molecule has 2 N–H and O–H groups in total. The summed E-state index contributed by atoms with van der Waals surface area (Å²) in [4.78, 5) is 2.15. The van der Waals surface area contributed by atoms with Gasteiger partial charge >= 0.3 is 0 Å². The summed E-state index contributed by atoms with van der Waals surface area (Å²) in [6, 6.07) is 6.43. The second-order valence-electron chi connectivity index (χ2n) is 3.92. The average Bonchev–Trinajstić information content (AvgIpc) is 2.27. The molecule has 0 heterocycles. The Morgan fingerprint density at radius 1 is 1.40 bits per heavy atom. The third kappa shape index (κ3) is 2.70. The van der Waals surface area contributed by atoms with Gasteiger partial charge in [-0.2, -0.15) is 0 Å². The highest BCUT2D eigenvalue weighted by molar-refractivity contribution is 5.39. The van der Waals surface area contributed by atoms with Gasteiger partial charge in [-0.05, 0) is 38.7 Å². The maximum atomic E-state index is 5.63. The number of nitrogens with zero attached hydrogens (tertiary/aromatic N) is 1. The van der Waals surface area contributed by atoms with Gasteiger partial charge in [0.1, 0.15) is 5.75 Å². The quantitative estimate of drug-likeness (QED) is 0.819. The molecule has 0 aliphatic carbocycles. The van der Waals surface area contributed by atoms with Gasteiger partial charge < -0.3 is 15.4 Å². The zero-order valence-corrected chi connectivity index (χ0v) is 9.95. The second kappa shape index (κ2) is 5.14. The van der Waals surface area contributed by atoms with Crippen LogP contribution in [0.2, 0.25) is 0 Å². The summed E-state index contributed by atoms with van der Waals surface area (Å²) in [5, 5.41) is 0. The molecule has 0 saturated heterocycles. The van der Waals surface area contributed by atoms with Crippen molar-refractivity contribution in [3.05, 3.63) is 29.3 Å². The van der Waals surface area contributed by atoms with Crippen molar-refractivity contribution >= 4 is 0 Å². The zero-order valence-electron chi connectivity index (χ0n) is 9.95. The summed E-state index contributed by atoms with van der Waals surface area (Å²) in [6.45, 7) is 2.72. The molecule has 0 bridgehead atoms. The maximum absolute atomic E-state index is 5.63. The van der Waals surface area contributed by atoms with Crippen LogP contribution in [0.4, 0.5) is 0 Å². The molecule has 1 rings (SSSR count). The molecule has 0 aromatic heterocycles. The first-order valence-corrected chi connectivity index (χ1v) is 5.13. The number of hydrogen-bond acceptors (Lipinski definition) is 3.